The van der Waals surface area contributed by atoms with E-state index in [0.29, 0.717) is 18.7 Å². The van der Waals surface area contributed by atoms with Crippen LogP contribution in [0.15, 0.2) is 24.3 Å². The Morgan fingerprint density at radius 2 is 1.94 bits per heavy atom. The van der Waals surface area contributed by atoms with Gasteiger partial charge < -0.3 is 20.8 Å². The van der Waals surface area contributed by atoms with Gasteiger partial charge in [0.1, 0.15) is 0 Å². The molecule has 0 aliphatic heterocycles. The third kappa shape index (κ3) is 5.27. The first kappa shape index (κ1) is 14.6. The molecule has 0 fully saturated rings. The number of nitrogens with one attached hydrogen (secondary N) is 2. The zero-order valence-electron chi connectivity index (χ0n) is 10.5. The number of aliphatic hydroxyl groups is 1. The number of aromatic carboxylic acids is 1. The van der Waals surface area contributed by atoms with Gasteiger partial charge in [-0.1, -0.05) is 18.2 Å². The van der Waals surface area contributed by atoms with Crippen molar-refractivity contribution in [3.63, 3.8) is 0 Å². The molecule has 1 rings (SSSR count). The molecule has 0 heterocycles. The molecule has 0 aliphatic rings. The van der Waals surface area contributed by atoms with Crippen LogP contribution in [0.1, 0.15) is 22.8 Å². The Balaban J connectivity index is 2.29. The summed E-state index contributed by atoms with van der Waals surface area (Å²) in [5.74, 6) is -0.903. The van der Waals surface area contributed by atoms with Gasteiger partial charge in [0.25, 0.3) is 0 Å². The molecule has 0 aliphatic carbocycles. The quantitative estimate of drug-likeness (QED) is 0.505. The molecule has 0 radical (unpaired) electrons. The maximum absolute atomic E-state index is 11.0. The molecule has 0 aromatic heterocycles. The maximum atomic E-state index is 11.0. The maximum Gasteiger partial charge on any atom is 0.336 e. The average molecular weight is 252 g/mol. The Kier molecular flexibility index (Phi) is 6.35. The Hall–Kier alpha value is -1.43. The fourth-order valence-corrected chi connectivity index (χ4v) is 1.59. The summed E-state index contributed by atoms with van der Waals surface area (Å²) in [4.78, 5) is 11.0. The summed E-state index contributed by atoms with van der Waals surface area (Å²) >= 11 is 0. The summed E-state index contributed by atoms with van der Waals surface area (Å²) in [6, 6.07) is 6.96. The fourth-order valence-electron chi connectivity index (χ4n) is 1.59. The van der Waals surface area contributed by atoms with Crippen LogP contribution in [0, 0.1) is 0 Å². The van der Waals surface area contributed by atoms with Crippen molar-refractivity contribution >= 4 is 5.97 Å². The Morgan fingerprint density at radius 1 is 1.28 bits per heavy atom. The highest BCUT2D eigenvalue weighted by Crippen LogP contribution is 2.07. The zero-order chi connectivity index (χ0) is 13.4. The lowest BCUT2D eigenvalue weighted by molar-refractivity contribution is 0.0695. The van der Waals surface area contributed by atoms with Gasteiger partial charge in [0, 0.05) is 26.2 Å². The molecule has 0 saturated carbocycles. The van der Waals surface area contributed by atoms with Crippen molar-refractivity contribution in [2.75, 3.05) is 19.6 Å². The van der Waals surface area contributed by atoms with Crippen LogP contribution in [0.25, 0.3) is 0 Å². The highest BCUT2D eigenvalue weighted by Gasteiger charge is 2.07. The minimum atomic E-state index is -0.903. The highest BCUT2D eigenvalue weighted by atomic mass is 16.4. The van der Waals surface area contributed by atoms with Crippen LogP contribution >= 0.6 is 0 Å². The van der Waals surface area contributed by atoms with E-state index in [2.05, 4.69) is 10.6 Å². The van der Waals surface area contributed by atoms with Crippen LogP contribution in [-0.4, -0.2) is 41.9 Å². The second kappa shape index (κ2) is 7.81. The van der Waals surface area contributed by atoms with Crippen molar-refractivity contribution in [3.05, 3.63) is 35.4 Å². The van der Waals surface area contributed by atoms with E-state index in [1.165, 1.54) is 0 Å². The number of benzene rings is 1. The van der Waals surface area contributed by atoms with Crippen molar-refractivity contribution in [2.45, 2.75) is 19.6 Å². The Bertz CT molecular complexity index is 380. The van der Waals surface area contributed by atoms with Crippen molar-refractivity contribution in [1.82, 2.24) is 10.6 Å². The smallest absolute Gasteiger partial charge is 0.336 e. The van der Waals surface area contributed by atoms with Crippen molar-refractivity contribution in [1.29, 1.82) is 0 Å². The van der Waals surface area contributed by atoms with E-state index < -0.39 is 5.97 Å². The number of hydrogen-bond donors (Lipinski definition) is 4. The number of hydrogen-bond acceptors (Lipinski definition) is 4. The van der Waals surface area contributed by atoms with Gasteiger partial charge >= 0.3 is 5.97 Å². The van der Waals surface area contributed by atoms with Gasteiger partial charge in [0.15, 0.2) is 0 Å². The van der Waals surface area contributed by atoms with Gasteiger partial charge in [-0.2, -0.15) is 0 Å². The molecule has 0 bridgehead atoms. The molecule has 1 aromatic carbocycles. The number of carboxylic acids is 1. The van der Waals surface area contributed by atoms with Crippen LogP contribution < -0.4 is 10.6 Å². The van der Waals surface area contributed by atoms with Gasteiger partial charge in [0.2, 0.25) is 0 Å². The van der Waals surface area contributed by atoms with Gasteiger partial charge in [-0.05, 0) is 18.6 Å². The second-order valence-corrected chi connectivity index (χ2v) is 4.19. The largest absolute Gasteiger partial charge is 0.478 e. The molecule has 4 N–H and O–H groups in total. The third-order valence-corrected chi connectivity index (χ3v) is 2.48. The minimum Gasteiger partial charge on any atom is -0.478 e. The lowest BCUT2D eigenvalue weighted by Crippen LogP contribution is -2.31. The van der Waals surface area contributed by atoms with E-state index in [1.807, 2.05) is 6.07 Å². The van der Waals surface area contributed by atoms with Crippen molar-refractivity contribution in [2.24, 2.45) is 0 Å². The van der Waals surface area contributed by atoms with Crippen LogP contribution in [0.5, 0.6) is 0 Å². The minimum absolute atomic E-state index is 0.335. The number of aliphatic hydroxyl groups excluding tert-OH is 1. The van der Waals surface area contributed by atoms with Crippen LogP contribution in [-0.2, 0) is 6.54 Å². The molecule has 0 spiro atoms. The summed E-state index contributed by atoms with van der Waals surface area (Å²) in [5.41, 5.74) is 1.11. The molecule has 5 nitrogen and oxygen atoms in total. The van der Waals surface area contributed by atoms with E-state index in [-0.39, 0.29) is 6.10 Å². The first-order valence-electron chi connectivity index (χ1n) is 6.02. The first-order chi connectivity index (χ1) is 8.61. The lowest BCUT2D eigenvalue weighted by atomic mass is 10.1. The van der Waals surface area contributed by atoms with E-state index in [0.717, 1.165) is 18.7 Å². The lowest BCUT2D eigenvalue weighted by Gasteiger charge is -2.09. The third-order valence-electron chi connectivity index (χ3n) is 2.48. The molecule has 1 aromatic rings. The summed E-state index contributed by atoms with van der Waals surface area (Å²) in [5, 5.41) is 24.3. The topological polar surface area (TPSA) is 81.6 Å². The second-order valence-electron chi connectivity index (χ2n) is 4.19. The highest BCUT2D eigenvalue weighted by molar-refractivity contribution is 5.89. The normalized spacial score (nSPS) is 12.3. The summed E-state index contributed by atoms with van der Waals surface area (Å²) in [6.45, 7) is 4.27. The molecular weight excluding hydrogens is 232 g/mol. The predicted octanol–water partition coefficient (Wildman–Crippen LogP) is 0.445. The van der Waals surface area contributed by atoms with Crippen LogP contribution in [0.4, 0.5) is 0 Å². The first-order valence-corrected chi connectivity index (χ1v) is 6.02. The Labute approximate surface area is 107 Å². The molecule has 1 atom stereocenters. The van der Waals surface area contributed by atoms with Gasteiger partial charge in [-0.15, -0.1) is 0 Å². The standard InChI is InChI=1S/C13H20N2O3/c1-10(16)8-14-6-7-15-9-11-4-2-3-5-12(11)13(17)18/h2-5,10,14-16H,6-9H2,1H3,(H,17,18). The summed E-state index contributed by atoms with van der Waals surface area (Å²) in [6.07, 6.45) is -0.349. The van der Waals surface area contributed by atoms with E-state index in [9.17, 15) is 4.79 Å². The summed E-state index contributed by atoms with van der Waals surface area (Å²) in [7, 11) is 0. The van der Waals surface area contributed by atoms with Crippen LogP contribution in [0.2, 0.25) is 0 Å². The molecule has 100 valence electrons. The molecule has 5 heteroatoms. The number of carbonyl (C=O) groups is 1. The molecule has 1 unspecified atom stereocenters. The average Bonchev–Trinajstić information content (AvgIpc) is 2.33. The molecule has 0 amide bonds. The van der Waals surface area contributed by atoms with Gasteiger partial charge in [-0.25, -0.2) is 4.79 Å². The van der Waals surface area contributed by atoms with E-state index in [4.69, 9.17) is 10.2 Å². The van der Waals surface area contributed by atoms with Crippen molar-refractivity contribution < 1.29 is 15.0 Å². The van der Waals surface area contributed by atoms with Crippen LogP contribution in [0.3, 0.4) is 0 Å². The zero-order valence-corrected chi connectivity index (χ0v) is 10.5. The van der Waals surface area contributed by atoms with Crippen molar-refractivity contribution in [3.8, 4) is 0 Å². The molecule has 0 saturated heterocycles. The predicted molar refractivity (Wildman–Crippen MR) is 69.7 cm³/mol. The van der Waals surface area contributed by atoms with E-state index in [1.54, 1.807) is 25.1 Å². The summed E-state index contributed by atoms with van der Waals surface area (Å²) < 4.78 is 0. The number of rotatable bonds is 8. The molecule has 18 heavy (non-hydrogen) atoms. The SMILES string of the molecule is CC(O)CNCCNCc1ccccc1C(=O)O. The number of carboxylic acid groups (broad SMARTS) is 1. The van der Waals surface area contributed by atoms with E-state index >= 15 is 0 Å². The fraction of sp³-hybridized carbons (Fsp3) is 0.462. The molecular formula is C13H20N2O3. The van der Waals surface area contributed by atoms with Gasteiger partial charge in [-0.3, -0.25) is 0 Å². The Morgan fingerprint density at radius 3 is 2.61 bits per heavy atom. The monoisotopic (exact) mass is 252 g/mol. The van der Waals surface area contributed by atoms with Gasteiger partial charge in [0.05, 0.1) is 11.7 Å².